The fourth-order valence-electron chi connectivity index (χ4n) is 12.0. The second-order valence-corrected chi connectivity index (χ2v) is 26.8. The van der Waals surface area contributed by atoms with Gasteiger partial charge in [-0.05, 0) is 104 Å². The molecule has 2 aliphatic heterocycles. The van der Waals surface area contributed by atoms with E-state index < -0.39 is 157 Å². The number of rotatable bonds is 12. The van der Waals surface area contributed by atoms with Crippen LogP contribution in [0, 0.1) is 17.8 Å². The Morgan fingerprint density at radius 3 is 1.68 bits per heavy atom. The van der Waals surface area contributed by atoms with Crippen molar-refractivity contribution in [1.29, 1.82) is 0 Å². The molecule has 3 aromatic rings. The van der Waals surface area contributed by atoms with E-state index >= 15 is 14.4 Å². The van der Waals surface area contributed by atoms with E-state index in [1.165, 1.54) is 81.1 Å². The number of aryl methyl sites for hydroxylation is 1. The molecule has 2 fully saturated rings. The van der Waals surface area contributed by atoms with Gasteiger partial charge in [0.2, 0.25) is 65.0 Å². The highest BCUT2D eigenvalue weighted by molar-refractivity contribution is 6.30. The third-order valence-electron chi connectivity index (χ3n) is 18.0. The Morgan fingerprint density at radius 2 is 1.11 bits per heavy atom. The molecule has 2 aliphatic rings. The molecule has 26 heteroatoms. The fourth-order valence-corrected chi connectivity index (χ4v) is 12.2. The second kappa shape index (κ2) is 35.1. The minimum absolute atomic E-state index is 0.0392. The Kier molecular flexibility index (Phi) is 28.6. The minimum atomic E-state index is -4.64. The van der Waals surface area contributed by atoms with Crippen molar-refractivity contribution in [3.8, 4) is 0 Å². The summed E-state index contributed by atoms with van der Waals surface area (Å²) in [7, 11) is 9.64. The van der Waals surface area contributed by atoms with Gasteiger partial charge in [-0.15, -0.1) is 0 Å². The summed E-state index contributed by atoms with van der Waals surface area (Å²) in [5, 5.41) is 8.92. The highest BCUT2D eigenvalue weighted by Gasteiger charge is 2.43. The van der Waals surface area contributed by atoms with E-state index in [4.69, 9.17) is 11.6 Å². The average Bonchev–Trinajstić information content (AvgIpc) is 0.823. The summed E-state index contributed by atoms with van der Waals surface area (Å²) < 4.78 is 41.1. The molecule has 22 nitrogen and oxygen atoms in total. The van der Waals surface area contributed by atoms with Crippen LogP contribution in [0.2, 0.25) is 5.02 Å². The molecule has 95 heavy (non-hydrogen) atoms. The van der Waals surface area contributed by atoms with Crippen molar-refractivity contribution in [3.05, 3.63) is 106 Å². The Labute approximate surface area is 561 Å². The van der Waals surface area contributed by atoms with Crippen LogP contribution in [0.5, 0.6) is 0 Å². The van der Waals surface area contributed by atoms with E-state index in [-0.39, 0.29) is 57.4 Å². The fraction of sp³-hybridized carbons (Fsp3) is 0.580. The number of hydrogen-bond donors (Lipinski definition) is 3. The first-order chi connectivity index (χ1) is 44.6. The predicted molar refractivity (Wildman–Crippen MR) is 353 cm³/mol. The summed E-state index contributed by atoms with van der Waals surface area (Å²) in [6, 6.07) is 10.2. The quantitative estimate of drug-likeness (QED) is 0.205. The van der Waals surface area contributed by atoms with Gasteiger partial charge < -0.3 is 55.1 Å². The van der Waals surface area contributed by atoms with E-state index in [0.29, 0.717) is 41.0 Å². The normalized spacial score (nSPS) is 24.1. The van der Waals surface area contributed by atoms with E-state index in [2.05, 4.69) is 16.0 Å². The summed E-state index contributed by atoms with van der Waals surface area (Å²) in [5.74, 6) is -8.53. The number of benzene rings is 3. The highest BCUT2D eigenvalue weighted by Crippen LogP contribution is 2.30. The standard InChI is InChI=1S/C69H97ClF3N11O11/c1-15-44(6)60-68(95)79(10)40-58(87)77(8)41-59(88)80(11)54(38-48-26-31-50(70)32-27-48)65(92)78(9)39-56(85)75-51(33-28-46-24-29-49(30-25-46)69(71,72)73)64(91)81(12)53(35-42(2)3)66(93)82(13)55(37-47-21-17-16-18-22-47)67(94)83(14)61(43(4)5)63(90)74-45(7)36-57(86)84-34-20-19-23-52(84)62(89)76-60/h16-18,21-22,24-27,29-32,42-45,51-55,60-61H,15,19-20,23,28,33-41H2,1-14H3,(H,74,90)(H,75,85)(H,76,89)/t44-,45+,51-,52-,53-,54-,55-,60-,61-/m0/s1. The number of halogens is 4. The van der Waals surface area contributed by atoms with Crippen molar-refractivity contribution in [2.45, 2.75) is 167 Å². The maximum atomic E-state index is 15.4. The van der Waals surface area contributed by atoms with Gasteiger partial charge in [0.05, 0.1) is 25.2 Å². The molecule has 11 amide bonds. The zero-order valence-electron chi connectivity index (χ0n) is 57.3. The molecule has 0 unspecified atom stereocenters. The zero-order chi connectivity index (χ0) is 70.9. The molecular formula is C69H97ClF3N11O11. The molecule has 2 saturated heterocycles. The summed E-state index contributed by atoms with van der Waals surface area (Å²) in [6.07, 6.45) is -3.33. The predicted octanol–water partition coefficient (Wildman–Crippen LogP) is 5.47. The van der Waals surface area contributed by atoms with Gasteiger partial charge >= 0.3 is 6.18 Å². The van der Waals surface area contributed by atoms with Crippen LogP contribution < -0.4 is 16.0 Å². The molecule has 522 valence electrons. The van der Waals surface area contributed by atoms with Crippen LogP contribution >= 0.6 is 11.6 Å². The molecule has 0 aromatic heterocycles. The van der Waals surface area contributed by atoms with Crippen LogP contribution in [0.4, 0.5) is 13.2 Å². The number of nitrogens with zero attached hydrogens (tertiary/aromatic N) is 8. The van der Waals surface area contributed by atoms with Gasteiger partial charge in [-0.2, -0.15) is 13.2 Å². The summed E-state index contributed by atoms with van der Waals surface area (Å²) in [5.41, 5.74) is 0.692. The molecule has 0 spiro atoms. The second-order valence-electron chi connectivity index (χ2n) is 26.3. The molecule has 3 aromatic carbocycles. The molecule has 9 atom stereocenters. The van der Waals surface area contributed by atoms with Gasteiger partial charge in [-0.25, -0.2) is 0 Å². The van der Waals surface area contributed by atoms with E-state index in [9.17, 15) is 51.5 Å². The lowest BCUT2D eigenvalue weighted by atomic mass is 9.95. The summed E-state index contributed by atoms with van der Waals surface area (Å²) >= 11 is 6.22. The monoisotopic (exact) mass is 1350 g/mol. The molecule has 3 N–H and O–H groups in total. The summed E-state index contributed by atoms with van der Waals surface area (Å²) in [4.78, 5) is 171. The number of carbonyl (C=O) groups excluding carboxylic acids is 11. The van der Waals surface area contributed by atoms with E-state index in [1.807, 2.05) is 20.8 Å². The Bertz CT molecular complexity index is 3180. The minimum Gasteiger partial charge on any atom is -0.351 e. The zero-order valence-corrected chi connectivity index (χ0v) is 58.1. The van der Waals surface area contributed by atoms with Crippen molar-refractivity contribution in [3.63, 3.8) is 0 Å². The molecule has 0 bridgehead atoms. The largest absolute Gasteiger partial charge is 0.416 e. The Balaban J connectivity index is 1.61. The van der Waals surface area contributed by atoms with Gasteiger partial charge in [0, 0.05) is 86.2 Å². The van der Waals surface area contributed by atoms with Gasteiger partial charge in [0.1, 0.15) is 42.3 Å². The molecule has 5 rings (SSSR count). The molecular weight excluding hydrogens is 1250 g/mol. The number of amides is 11. The SMILES string of the molecule is CC[C@H](C)[C@@H]1NC(=O)[C@@H]2CCCCN2C(=O)C[C@@H](C)NC(=O)[C@H](C(C)C)N(C)C(=O)[C@H](Cc2ccccc2)N(C)C(=O)[C@H](CC(C)C)N(C)C(=O)[C@H](CCc2ccc(C(F)(F)F)cc2)NC(=O)CN(C)C(=O)[C@H](Cc2ccc(Cl)cc2)N(C)C(=O)CN(C)C(=O)CN(C)C1=O. The maximum Gasteiger partial charge on any atom is 0.416 e. The first kappa shape index (κ1) is 77.6. The summed E-state index contributed by atoms with van der Waals surface area (Å²) in [6.45, 7) is 10.8. The van der Waals surface area contributed by atoms with Crippen LogP contribution in [0.25, 0.3) is 0 Å². The van der Waals surface area contributed by atoms with Gasteiger partial charge in [0.15, 0.2) is 0 Å². The third kappa shape index (κ3) is 21.5. The Morgan fingerprint density at radius 1 is 0.558 bits per heavy atom. The van der Waals surface area contributed by atoms with Crippen LogP contribution in [0.3, 0.4) is 0 Å². The molecule has 0 radical (unpaired) electrons. The maximum absolute atomic E-state index is 15.4. The van der Waals surface area contributed by atoms with Crippen molar-refractivity contribution < 1.29 is 65.9 Å². The van der Waals surface area contributed by atoms with E-state index in [0.717, 1.165) is 31.7 Å². The van der Waals surface area contributed by atoms with Gasteiger partial charge in [0.25, 0.3) is 0 Å². The number of likely N-dealkylation sites (N-methyl/N-ethyl adjacent to an activating group) is 7. The van der Waals surface area contributed by atoms with Gasteiger partial charge in [-0.3, -0.25) is 52.7 Å². The average molecular weight is 1350 g/mol. The first-order valence-corrected chi connectivity index (χ1v) is 32.9. The topological polar surface area (TPSA) is 250 Å². The number of hydrogen-bond acceptors (Lipinski definition) is 11. The van der Waals surface area contributed by atoms with Crippen molar-refractivity contribution >= 4 is 76.6 Å². The number of alkyl halides is 3. The highest BCUT2D eigenvalue weighted by atomic mass is 35.5. The van der Waals surface area contributed by atoms with Crippen LogP contribution in [0.1, 0.15) is 116 Å². The van der Waals surface area contributed by atoms with Gasteiger partial charge in [-0.1, -0.05) is 114 Å². The van der Waals surface area contributed by atoms with Crippen LogP contribution in [-0.4, -0.2) is 228 Å². The van der Waals surface area contributed by atoms with Crippen molar-refractivity contribution in [2.75, 3.05) is 75.5 Å². The first-order valence-electron chi connectivity index (χ1n) is 32.5. The number of nitrogens with one attached hydrogen (secondary N) is 3. The number of carbonyl (C=O) groups is 11. The van der Waals surface area contributed by atoms with Crippen molar-refractivity contribution in [2.24, 2.45) is 17.8 Å². The van der Waals surface area contributed by atoms with Crippen LogP contribution in [0.15, 0.2) is 78.9 Å². The molecule has 2 heterocycles. The number of fused-ring (bicyclic) bond motifs is 1. The lowest BCUT2D eigenvalue weighted by Gasteiger charge is -2.39. The lowest BCUT2D eigenvalue weighted by Crippen LogP contribution is -2.61. The van der Waals surface area contributed by atoms with Crippen molar-refractivity contribution in [1.82, 2.24) is 55.1 Å². The molecule has 0 aliphatic carbocycles. The lowest BCUT2D eigenvalue weighted by molar-refractivity contribution is -0.153. The molecule has 0 saturated carbocycles. The smallest absolute Gasteiger partial charge is 0.351 e. The van der Waals surface area contributed by atoms with Crippen LogP contribution in [-0.2, 0) is 78.2 Å². The van der Waals surface area contributed by atoms with E-state index in [1.54, 1.807) is 82.3 Å². The third-order valence-corrected chi connectivity index (χ3v) is 18.3. The number of piperidine rings is 1. The Hall–Kier alpha value is -8.09.